The molecule has 0 atom stereocenters. The first-order valence-corrected chi connectivity index (χ1v) is 8.80. The molecule has 1 aromatic carbocycles. The summed E-state index contributed by atoms with van der Waals surface area (Å²) in [4.78, 5) is 24.4. The van der Waals surface area contributed by atoms with Gasteiger partial charge in [0.15, 0.2) is 6.61 Å². The van der Waals surface area contributed by atoms with Crippen molar-refractivity contribution >= 4 is 17.6 Å². The Kier molecular flexibility index (Phi) is 4.02. The molecule has 4 aliphatic carbocycles. The van der Waals surface area contributed by atoms with E-state index in [4.69, 9.17) is 4.74 Å². The van der Waals surface area contributed by atoms with Crippen LogP contribution in [0, 0.1) is 35.4 Å². The normalized spacial score (nSPS) is 33.3. The summed E-state index contributed by atoms with van der Waals surface area (Å²) in [6, 6.07) is 5.66. The molecule has 0 spiro atoms. The van der Waals surface area contributed by atoms with Crippen LogP contribution in [0.25, 0.3) is 0 Å². The zero-order valence-electron chi connectivity index (χ0n) is 13.5. The van der Waals surface area contributed by atoms with Crippen LogP contribution < -0.4 is 5.32 Å². The highest BCUT2D eigenvalue weighted by atomic mass is 19.1. The molecule has 1 aromatic rings. The van der Waals surface area contributed by atoms with Crippen molar-refractivity contribution in [3.8, 4) is 0 Å². The van der Waals surface area contributed by atoms with E-state index >= 15 is 0 Å². The number of carbonyl (C=O) groups excluding carboxylic acids is 2. The van der Waals surface area contributed by atoms with Crippen molar-refractivity contribution < 1.29 is 18.7 Å². The van der Waals surface area contributed by atoms with Crippen molar-refractivity contribution in [3.63, 3.8) is 0 Å². The lowest BCUT2D eigenvalue weighted by Crippen LogP contribution is -2.48. The Labute approximate surface area is 140 Å². The van der Waals surface area contributed by atoms with Gasteiger partial charge in [-0.05, 0) is 74.0 Å². The zero-order valence-corrected chi connectivity index (χ0v) is 13.5. The number of anilines is 1. The van der Waals surface area contributed by atoms with Crippen LogP contribution in [0.4, 0.5) is 10.1 Å². The minimum Gasteiger partial charge on any atom is -0.455 e. The molecule has 1 N–H and O–H groups in total. The lowest BCUT2D eigenvalue weighted by Gasteiger charge is -2.53. The average molecular weight is 331 g/mol. The highest BCUT2D eigenvalue weighted by Gasteiger charge is 2.51. The Morgan fingerprint density at radius 1 is 1.08 bits per heavy atom. The predicted octanol–water partition coefficient (Wildman–Crippen LogP) is 3.38. The van der Waals surface area contributed by atoms with Crippen LogP contribution in [-0.2, 0) is 14.3 Å². The second-order valence-corrected chi connectivity index (χ2v) is 7.62. The average Bonchev–Trinajstić information content (AvgIpc) is 2.52. The summed E-state index contributed by atoms with van der Waals surface area (Å²) in [6.07, 6.45) is 5.90. The number of rotatable bonds is 4. The number of esters is 1. The van der Waals surface area contributed by atoms with E-state index in [-0.39, 0.29) is 18.5 Å². The van der Waals surface area contributed by atoms with Crippen LogP contribution in [0.3, 0.4) is 0 Å². The quantitative estimate of drug-likeness (QED) is 0.861. The van der Waals surface area contributed by atoms with E-state index in [1.54, 1.807) is 6.07 Å². The van der Waals surface area contributed by atoms with Crippen molar-refractivity contribution in [1.29, 1.82) is 0 Å². The van der Waals surface area contributed by atoms with E-state index in [9.17, 15) is 14.0 Å². The van der Waals surface area contributed by atoms with E-state index in [2.05, 4.69) is 5.32 Å². The maximum Gasteiger partial charge on any atom is 0.310 e. The molecule has 1 amide bonds. The van der Waals surface area contributed by atoms with Crippen molar-refractivity contribution in [2.24, 2.45) is 29.6 Å². The summed E-state index contributed by atoms with van der Waals surface area (Å²) in [7, 11) is 0. The Balaban J connectivity index is 1.31. The van der Waals surface area contributed by atoms with Gasteiger partial charge in [-0.2, -0.15) is 0 Å². The van der Waals surface area contributed by atoms with Gasteiger partial charge in [-0.25, -0.2) is 4.39 Å². The molecule has 5 rings (SSSR count). The molecule has 4 nitrogen and oxygen atoms in total. The molecule has 0 heterocycles. The number of amides is 1. The van der Waals surface area contributed by atoms with Gasteiger partial charge in [-0.3, -0.25) is 9.59 Å². The number of ether oxygens (including phenoxy) is 1. The Bertz CT molecular complexity index is 632. The molecule has 4 fully saturated rings. The van der Waals surface area contributed by atoms with E-state index in [0.29, 0.717) is 17.5 Å². The van der Waals surface area contributed by atoms with Gasteiger partial charge in [-0.1, -0.05) is 6.07 Å². The van der Waals surface area contributed by atoms with Crippen LogP contribution in [-0.4, -0.2) is 18.5 Å². The highest BCUT2D eigenvalue weighted by Crippen LogP contribution is 2.56. The Hall–Kier alpha value is -1.91. The third kappa shape index (κ3) is 3.04. The molecule has 4 aliphatic rings. The largest absolute Gasteiger partial charge is 0.455 e. The third-order valence-corrected chi connectivity index (χ3v) is 5.95. The zero-order chi connectivity index (χ0) is 16.7. The van der Waals surface area contributed by atoms with Gasteiger partial charge in [0.1, 0.15) is 5.82 Å². The van der Waals surface area contributed by atoms with Gasteiger partial charge in [-0.15, -0.1) is 0 Å². The second kappa shape index (κ2) is 6.19. The fraction of sp³-hybridized carbons (Fsp3) is 0.579. The van der Waals surface area contributed by atoms with E-state index in [0.717, 1.165) is 37.5 Å². The molecule has 0 aliphatic heterocycles. The monoisotopic (exact) mass is 331 g/mol. The summed E-state index contributed by atoms with van der Waals surface area (Å²) >= 11 is 0. The first-order valence-electron chi connectivity index (χ1n) is 8.80. The van der Waals surface area contributed by atoms with Gasteiger partial charge in [0.05, 0.1) is 5.92 Å². The number of hydrogen-bond donors (Lipinski definition) is 1. The maximum absolute atomic E-state index is 13.1. The summed E-state index contributed by atoms with van der Waals surface area (Å²) in [5, 5.41) is 2.55. The SMILES string of the molecule is O=C(COC(=O)C1C2CC3CC(C2)CC1C3)Nc1cccc(F)c1. The fourth-order valence-electron chi connectivity index (χ4n) is 5.31. The van der Waals surface area contributed by atoms with Crippen LogP contribution in [0.2, 0.25) is 0 Å². The van der Waals surface area contributed by atoms with Gasteiger partial charge >= 0.3 is 5.97 Å². The van der Waals surface area contributed by atoms with Crippen LogP contribution in [0.5, 0.6) is 0 Å². The van der Waals surface area contributed by atoms with E-state index < -0.39 is 11.7 Å². The Morgan fingerprint density at radius 3 is 2.38 bits per heavy atom. The first-order chi connectivity index (χ1) is 11.6. The molecular formula is C19H22FNO3. The summed E-state index contributed by atoms with van der Waals surface area (Å²) in [6.45, 7) is -0.307. The summed E-state index contributed by atoms with van der Waals surface area (Å²) < 4.78 is 18.4. The smallest absolute Gasteiger partial charge is 0.310 e. The van der Waals surface area contributed by atoms with Crippen molar-refractivity contribution in [2.45, 2.75) is 32.1 Å². The standard InChI is InChI=1S/C19H22FNO3/c20-15-2-1-3-16(9-15)21-17(22)10-24-19(23)18-13-5-11-4-12(7-13)8-14(18)6-11/h1-3,9,11-14,18H,4-8,10H2,(H,21,22). The third-order valence-electron chi connectivity index (χ3n) is 5.95. The van der Waals surface area contributed by atoms with Crippen LogP contribution in [0.15, 0.2) is 24.3 Å². The maximum atomic E-state index is 13.1. The van der Waals surface area contributed by atoms with Crippen molar-refractivity contribution in [3.05, 3.63) is 30.1 Å². The fourth-order valence-corrected chi connectivity index (χ4v) is 5.31. The minimum atomic E-state index is -0.433. The lowest BCUT2D eigenvalue weighted by atomic mass is 9.52. The van der Waals surface area contributed by atoms with Gasteiger partial charge in [0.25, 0.3) is 5.91 Å². The van der Waals surface area contributed by atoms with Crippen LogP contribution in [0.1, 0.15) is 32.1 Å². The number of benzene rings is 1. The molecule has 0 radical (unpaired) electrons. The summed E-state index contributed by atoms with van der Waals surface area (Å²) in [5.41, 5.74) is 0.366. The molecule has 4 saturated carbocycles. The topological polar surface area (TPSA) is 55.4 Å². The number of carbonyl (C=O) groups is 2. The van der Waals surface area contributed by atoms with Gasteiger partial charge in [0, 0.05) is 5.69 Å². The lowest BCUT2D eigenvalue weighted by molar-refractivity contribution is -0.164. The molecule has 5 heteroatoms. The van der Waals surface area contributed by atoms with E-state index in [1.165, 1.54) is 24.6 Å². The Morgan fingerprint density at radius 2 is 1.75 bits per heavy atom. The molecule has 24 heavy (non-hydrogen) atoms. The predicted molar refractivity (Wildman–Crippen MR) is 86.5 cm³/mol. The van der Waals surface area contributed by atoms with Crippen molar-refractivity contribution in [2.75, 3.05) is 11.9 Å². The number of nitrogens with one attached hydrogen (secondary N) is 1. The number of hydrogen-bond acceptors (Lipinski definition) is 3. The molecule has 0 unspecified atom stereocenters. The number of halogens is 1. The minimum absolute atomic E-state index is 0.0280. The molecule has 0 saturated heterocycles. The van der Waals surface area contributed by atoms with Gasteiger partial charge in [0.2, 0.25) is 0 Å². The molecule has 4 bridgehead atoms. The van der Waals surface area contributed by atoms with E-state index in [1.807, 2.05) is 0 Å². The molecule has 128 valence electrons. The second-order valence-electron chi connectivity index (χ2n) is 7.62. The molecule has 0 aromatic heterocycles. The van der Waals surface area contributed by atoms with Crippen LogP contribution >= 0.6 is 0 Å². The first kappa shape index (κ1) is 15.6. The van der Waals surface area contributed by atoms with Gasteiger partial charge < -0.3 is 10.1 Å². The summed E-state index contributed by atoms with van der Waals surface area (Å²) in [5.74, 6) is 1.38. The van der Waals surface area contributed by atoms with Crippen molar-refractivity contribution in [1.82, 2.24) is 0 Å². The highest BCUT2D eigenvalue weighted by molar-refractivity contribution is 5.92. The molecular weight excluding hydrogens is 309 g/mol.